The average molecular weight is 182 g/mol. The molecule has 0 spiro atoms. The fourth-order valence-electron chi connectivity index (χ4n) is 1.08. The normalized spacial score (nSPS) is 9.69. The Morgan fingerprint density at radius 3 is 3.00 bits per heavy atom. The molecular formula is C8H10N2O3. The van der Waals surface area contributed by atoms with E-state index in [1.165, 1.54) is 18.0 Å². The lowest BCUT2D eigenvalue weighted by Crippen LogP contribution is -2.11. The summed E-state index contributed by atoms with van der Waals surface area (Å²) in [5, 5.41) is 3.86. The van der Waals surface area contributed by atoms with Crippen LogP contribution in [0.5, 0.6) is 0 Å². The van der Waals surface area contributed by atoms with Crippen molar-refractivity contribution in [1.29, 1.82) is 0 Å². The van der Waals surface area contributed by atoms with Crippen molar-refractivity contribution >= 4 is 12.3 Å². The average Bonchev–Trinajstić information content (AvgIpc) is 2.47. The minimum atomic E-state index is -0.475. The highest BCUT2D eigenvalue weighted by Crippen LogP contribution is 2.08. The van der Waals surface area contributed by atoms with Gasteiger partial charge in [-0.05, 0) is 0 Å². The molecular weight excluding hydrogens is 172 g/mol. The second kappa shape index (κ2) is 3.84. The van der Waals surface area contributed by atoms with Crippen LogP contribution in [0.4, 0.5) is 0 Å². The van der Waals surface area contributed by atoms with Gasteiger partial charge in [-0.3, -0.25) is 4.68 Å². The van der Waals surface area contributed by atoms with Gasteiger partial charge in [-0.25, -0.2) is 4.79 Å². The van der Waals surface area contributed by atoms with Crippen LogP contribution in [-0.4, -0.2) is 29.1 Å². The first-order valence-corrected chi connectivity index (χ1v) is 3.73. The Hall–Kier alpha value is -1.65. The number of carbonyl (C=O) groups is 2. The number of hydrogen-bond acceptors (Lipinski definition) is 4. The van der Waals surface area contributed by atoms with Crippen LogP contribution in [0.15, 0.2) is 6.20 Å². The van der Waals surface area contributed by atoms with Crippen molar-refractivity contribution < 1.29 is 14.3 Å². The van der Waals surface area contributed by atoms with Crippen molar-refractivity contribution in [3.05, 3.63) is 17.5 Å². The topological polar surface area (TPSA) is 61.2 Å². The summed E-state index contributed by atoms with van der Waals surface area (Å²) in [6, 6.07) is 0. The van der Waals surface area contributed by atoms with Crippen molar-refractivity contribution in [1.82, 2.24) is 9.78 Å². The lowest BCUT2D eigenvalue weighted by molar-refractivity contribution is -0.107. The molecule has 13 heavy (non-hydrogen) atoms. The molecule has 0 saturated carbocycles. The number of rotatable bonds is 3. The number of methoxy groups -OCH3 is 1. The molecule has 5 heteroatoms. The zero-order chi connectivity index (χ0) is 9.84. The first kappa shape index (κ1) is 9.44. The molecule has 0 atom stereocenters. The van der Waals surface area contributed by atoms with E-state index in [-0.39, 0.29) is 6.42 Å². The van der Waals surface area contributed by atoms with E-state index in [9.17, 15) is 9.59 Å². The molecule has 70 valence electrons. The maximum absolute atomic E-state index is 11.2. The number of hydrogen-bond donors (Lipinski definition) is 0. The summed E-state index contributed by atoms with van der Waals surface area (Å²) in [6.45, 7) is 0. The van der Waals surface area contributed by atoms with Gasteiger partial charge in [0, 0.05) is 19.0 Å². The van der Waals surface area contributed by atoms with E-state index in [2.05, 4.69) is 9.84 Å². The molecule has 0 saturated heterocycles. The van der Waals surface area contributed by atoms with Crippen LogP contribution >= 0.6 is 0 Å². The third-order valence-corrected chi connectivity index (χ3v) is 1.70. The molecule has 0 aromatic carbocycles. The second-order valence-electron chi connectivity index (χ2n) is 2.50. The number of aryl methyl sites for hydroxylation is 1. The summed E-state index contributed by atoms with van der Waals surface area (Å²) < 4.78 is 5.94. The predicted molar refractivity (Wildman–Crippen MR) is 44.3 cm³/mol. The predicted octanol–water partition coefficient (Wildman–Crippen LogP) is -0.0519. The van der Waals surface area contributed by atoms with Gasteiger partial charge in [0.1, 0.15) is 12.0 Å². The van der Waals surface area contributed by atoms with Crippen molar-refractivity contribution in [3.8, 4) is 0 Å². The summed E-state index contributed by atoms with van der Waals surface area (Å²) in [4.78, 5) is 21.4. The van der Waals surface area contributed by atoms with E-state index in [1.54, 1.807) is 7.05 Å². The van der Waals surface area contributed by atoms with Gasteiger partial charge >= 0.3 is 5.97 Å². The van der Waals surface area contributed by atoms with Crippen LogP contribution in [0.3, 0.4) is 0 Å². The van der Waals surface area contributed by atoms with Crippen LogP contribution in [0.25, 0.3) is 0 Å². The Morgan fingerprint density at radius 1 is 1.77 bits per heavy atom. The minimum Gasteiger partial charge on any atom is -0.464 e. The molecule has 1 aromatic heterocycles. The van der Waals surface area contributed by atoms with Crippen molar-refractivity contribution in [2.75, 3.05) is 7.11 Å². The van der Waals surface area contributed by atoms with E-state index >= 15 is 0 Å². The number of ether oxygens (including phenoxy) is 1. The van der Waals surface area contributed by atoms with Gasteiger partial charge in [0.05, 0.1) is 13.3 Å². The summed E-state index contributed by atoms with van der Waals surface area (Å²) in [5.41, 5.74) is 0.916. The lowest BCUT2D eigenvalue weighted by Gasteiger charge is -2.00. The first-order valence-electron chi connectivity index (χ1n) is 3.73. The Morgan fingerprint density at radius 2 is 2.46 bits per heavy atom. The molecule has 5 nitrogen and oxygen atoms in total. The molecule has 1 heterocycles. The number of aromatic nitrogens is 2. The van der Waals surface area contributed by atoms with Crippen molar-refractivity contribution in [2.24, 2.45) is 7.05 Å². The summed E-state index contributed by atoms with van der Waals surface area (Å²) >= 11 is 0. The third kappa shape index (κ3) is 1.74. The molecule has 0 aliphatic carbocycles. The van der Waals surface area contributed by atoms with Gasteiger partial charge in [0.25, 0.3) is 0 Å². The van der Waals surface area contributed by atoms with Crippen LogP contribution in [-0.2, 0) is 23.0 Å². The summed E-state index contributed by atoms with van der Waals surface area (Å²) in [6.07, 6.45) is 2.39. The van der Waals surface area contributed by atoms with Gasteiger partial charge in [-0.15, -0.1) is 0 Å². The van der Waals surface area contributed by atoms with Gasteiger partial charge in [-0.2, -0.15) is 5.10 Å². The molecule has 1 rings (SSSR count). The van der Waals surface area contributed by atoms with E-state index in [4.69, 9.17) is 0 Å². The van der Waals surface area contributed by atoms with E-state index in [1.807, 2.05) is 0 Å². The second-order valence-corrected chi connectivity index (χ2v) is 2.50. The number of esters is 1. The minimum absolute atomic E-state index is 0.179. The molecule has 0 aliphatic rings. The number of aldehydes is 1. The zero-order valence-corrected chi connectivity index (χ0v) is 7.48. The molecule has 0 unspecified atom stereocenters. The smallest absolute Gasteiger partial charge is 0.356 e. The maximum Gasteiger partial charge on any atom is 0.356 e. The van der Waals surface area contributed by atoms with Gasteiger partial charge < -0.3 is 9.53 Å². The van der Waals surface area contributed by atoms with Crippen LogP contribution in [0, 0.1) is 0 Å². The molecule has 0 N–H and O–H groups in total. The molecule has 0 fully saturated rings. The first-order chi connectivity index (χ1) is 6.20. The largest absolute Gasteiger partial charge is 0.464 e. The fraction of sp³-hybridized carbons (Fsp3) is 0.375. The lowest BCUT2D eigenvalue weighted by atomic mass is 10.2. The highest BCUT2D eigenvalue weighted by atomic mass is 16.5. The molecule has 0 radical (unpaired) electrons. The summed E-state index contributed by atoms with van der Waals surface area (Å²) in [5.74, 6) is -0.475. The summed E-state index contributed by atoms with van der Waals surface area (Å²) in [7, 11) is 2.92. The van der Waals surface area contributed by atoms with Gasteiger partial charge in [0.15, 0.2) is 0 Å². The van der Waals surface area contributed by atoms with Crippen LogP contribution in [0.1, 0.15) is 16.1 Å². The Kier molecular flexibility index (Phi) is 2.79. The maximum atomic E-state index is 11.2. The fourth-order valence-corrected chi connectivity index (χ4v) is 1.08. The highest BCUT2D eigenvalue weighted by Gasteiger charge is 2.16. The Labute approximate surface area is 75.3 Å². The monoisotopic (exact) mass is 182 g/mol. The van der Waals surface area contributed by atoms with Crippen LogP contribution < -0.4 is 0 Å². The molecule has 0 bridgehead atoms. The van der Waals surface area contributed by atoms with E-state index < -0.39 is 5.97 Å². The van der Waals surface area contributed by atoms with Gasteiger partial charge in [-0.1, -0.05) is 0 Å². The number of nitrogens with zero attached hydrogens (tertiary/aromatic N) is 2. The number of carbonyl (C=O) groups excluding carboxylic acids is 2. The Bertz CT molecular complexity index is 330. The Balaban J connectivity index is 3.07. The highest BCUT2D eigenvalue weighted by molar-refractivity contribution is 5.89. The molecule has 1 aromatic rings. The third-order valence-electron chi connectivity index (χ3n) is 1.70. The molecule has 0 aliphatic heterocycles. The molecule has 0 amide bonds. The SMILES string of the molecule is COC(=O)c1c(CC=O)cnn1C. The zero-order valence-electron chi connectivity index (χ0n) is 7.48. The van der Waals surface area contributed by atoms with Crippen molar-refractivity contribution in [2.45, 2.75) is 6.42 Å². The standard InChI is InChI=1S/C8H10N2O3/c1-10-7(8(12)13-2)6(3-4-11)5-9-10/h4-5H,3H2,1-2H3. The quantitative estimate of drug-likeness (QED) is 0.485. The van der Waals surface area contributed by atoms with Crippen LogP contribution in [0.2, 0.25) is 0 Å². The van der Waals surface area contributed by atoms with Gasteiger partial charge in [0.2, 0.25) is 0 Å². The van der Waals surface area contributed by atoms with E-state index in [0.717, 1.165) is 6.29 Å². The van der Waals surface area contributed by atoms with Crippen molar-refractivity contribution in [3.63, 3.8) is 0 Å². The van der Waals surface area contributed by atoms with E-state index in [0.29, 0.717) is 11.3 Å².